The van der Waals surface area contributed by atoms with E-state index >= 15 is 0 Å². The number of nitrogens with one attached hydrogen (secondary N) is 2. The van der Waals surface area contributed by atoms with Crippen molar-refractivity contribution in [3.63, 3.8) is 0 Å². The lowest BCUT2D eigenvalue weighted by Gasteiger charge is -2.33. The van der Waals surface area contributed by atoms with Gasteiger partial charge in [0, 0.05) is 32.6 Å². The highest BCUT2D eigenvalue weighted by Crippen LogP contribution is 2.27. The smallest absolute Gasteiger partial charge is 0.220 e. The van der Waals surface area contributed by atoms with Gasteiger partial charge in [-0.3, -0.25) is 9.79 Å². The third-order valence-corrected chi connectivity index (χ3v) is 5.06. The van der Waals surface area contributed by atoms with Crippen LogP contribution in [-0.4, -0.2) is 49.5 Å². The summed E-state index contributed by atoms with van der Waals surface area (Å²) in [5.41, 5.74) is 0. The predicted octanol–water partition coefficient (Wildman–Crippen LogP) is 2.38. The minimum absolute atomic E-state index is 0.198. The van der Waals surface area contributed by atoms with Gasteiger partial charge in [-0.2, -0.15) is 0 Å². The van der Waals surface area contributed by atoms with Gasteiger partial charge in [0.2, 0.25) is 5.91 Å². The van der Waals surface area contributed by atoms with E-state index < -0.39 is 0 Å². The normalized spacial score (nSPS) is 20.8. The van der Waals surface area contributed by atoms with Gasteiger partial charge in [0.25, 0.3) is 0 Å². The molecule has 2 N–H and O–H groups in total. The summed E-state index contributed by atoms with van der Waals surface area (Å²) in [5, 5.41) is 6.40. The molecule has 23 heavy (non-hydrogen) atoms. The quantitative estimate of drug-likeness (QED) is 0.448. The van der Waals surface area contributed by atoms with Crippen molar-refractivity contribution in [1.29, 1.82) is 0 Å². The zero-order valence-electron chi connectivity index (χ0n) is 14.9. The Morgan fingerprint density at radius 3 is 2.48 bits per heavy atom. The number of carbonyl (C=O) groups excluding carboxylic acids is 1. The highest BCUT2D eigenvalue weighted by Gasteiger charge is 2.19. The third-order valence-electron chi connectivity index (χ3n) is 5.06. The zero-order chi connectivity index (χ0) is 16.5. The van der Waals surface area contributed by atoms with Crippen LogP contribution >= 0.6 is 0 Å². The van der Waals surface area contributed by atoms with Crippen LogP contribution in [-0.2, 0) is 4.79 Å². The Balaban J connectivity index is 1.69. The topological polar surface area (TPSA) is 56.7 Å². The maximum absolute atomic E-state index is 11.9. The van der Waals surface area contributed by atoms with Crippen molar-refractivity contribution >= 4 is 11.9 Å². The molecule has 2 fully saturated rings. The van der Waals surface area contributed by atoms with Crippen molar-refractivity contribution in [1.82, 2.24) is 15.5 Å². The molecule has 2 rings (SSSR count). The van der Waals surface area contributed by atoms with Crippen molar-refractivity contribution < 1.29 is 4.79 Å². The third kappa shape index (κ3) is 6.40. The summed E-state index contributed by atoms with van der Waals surface area (Å²) in [7, 11) is 0. The fourth-order valence-electron chi connectivity index (χ4n) is 3.55. The van der Waals surface area contributed by atoms with Gasteiger partial charge in [0.1, 0.15) is 0 Å². The van der Waals surface area contributed by atoms with Crippen LogP contribution in [0.1, 0.15) is 58.8 Å². The summed E-state index contributed by atoms with van der Waals surface area (Å²) in [6.45, 7) is 8.78. The molecule has 5 nitrogen and oxygen atoms in total. The molecule has 2 aliphatic rings. The maximum atomic E-state index is 11.9. The molecule has 0 aromatic rings. The van der Waals surface area contributed by atoms with E-state index in [0.29, 0.717) is 25.4 Å². The van der Waals surface area contributed by atoms with Crippen molar-refractivity contribution in [2.45, 2.75) is 58.8 Å². The predicted molar refractivity (Wildman–Crippen MR) is 95.5 cm³/mol. The van der Waals surface area contributed by atoms with Crippen molar-refractivity contribution in [2.75, 3.05) is 32.7 Å². The largest absolute Gasteiger partial charge is 0.357 e. The highest BCUT2D eigenvalue weighted by atomic mass is 16.1. The van der Waals surface area contributed by atoms with Gasteiger partial charge in [0.15, 0.2) is 5.96 Å². The Kier molecular flexibility index (Phi) is 7.69. The van der Waals surface area contributed by atoms with Gasteiger partial charge in [-0.1, -0.05) is 19.8 Å². The van der Waals surface area contributed by atoms with E-state index in [0.717, 1.165) is 31.5 Å². The molecule has 0 atom stereocenters. The second kappa shape index (κ2) is 9.78. The van der Waals surface area contributed by atoms with Crippen LogP contribution < -0.4 is 10.6 Å². The van der Waals surface area contributed by atoms with Crippen LogP contribution in [0.3, 0.4) is 0 Å². The number of likely N-dealkylation sites (tertiary alicyclic amines) is 1. The van der Waals surface area contributed by atoms with Crippen LogP contribution in [0.25, 0.3) is 0 Å². The first-order chi connectivity index (χ1) is 11.2. The average molecular weight is 322 g/mol. The fourth-order valence-corrected chi connectivity index (χ4v) is 3.55. The number of guanidine groups is 1. The number of piperidine rings is 1. The number of hydrogen-bond donors (Lipinski definition) is 2. The lowest BCUT2D eigenvalue weighted by Crippen LogP contribution is -2.45. The number of nitrogens with zero attached hydrogens (tertiary/aromatic N) is 2. The van der Waals surface area contributed by atoms with E-state index in [1.165, 1.54) is 38.5 Å². The van der Waals surface area contributed by atoms with Gasteiger partial charge < -0.3 is 15.5 Å². The second-order valence-corrected chi connectivity index (χ2v) is 7.11. The maximum Gasteiger partial charge on any atom is 0.220 e. The molecule has 1 amide bonds. The van der Waals surface area contributed by atoms with E-state index in [9.17, 15) is 4.79 Å². The fraction of sp³-hybridized carbons (Fsp3) is 0.889. The molecule has 0 aromatic carbocycles. The molecule has 1 saturated heterocycles. The molecule has 0 aromatic heterocycles. The Morgan fingerprint density at radius 1 is 1.13 bits per heavy atom. The summed E-state index contributed by atoms with van der Waals surface area (Å²) < 4.78 is 0. The molecule has 0 bridgehead atoms. The molecule has 1 heterocycles. The van der Waals surface area contributed by atoms with Crippen molar-refractivity contribution in [2.24, 2.45) is 16.8 Å². The second-order valence-electron chi connectivity index (χ2n) is 7.11. The standard InChI is InChI=1S/C18H34N4O/c1-3-19-18(22-12-8-15(2)9-13-22)21-11-10-20-17(23)14-16-6-4-5-7-16/h15-16H,3-14H2,1-2H3,(H,19,21)(H,20,23). The monoisotopic (exact) mass is 322 g/mol. The molecule has 1 saturated carbocycles. The van der Waals surface area contributed by atoms with Crippen LogP contribution in [0.4, 0.5) is 0 Å². The van der Waals surface area contributed by atoms with Crippen LogP contribution in [0, 0.1) is 11.8 Å². The minimum Gasteiger partial charge on any atom is -0.357 e. The Bertz CT molecular complexity index is 382. The Hall–Kier alpha value is -1.26. The lowest BCUT2D eigenvalue weighted by molar-refractivity contribution is -0.121. The summed E-state index contributed by atoms with van der Waals surface area (Å²) >= 11 is 0. The average Bonchev–Trinajstić information content (AvgIpc) is 3.04. The van der Waals surface area contributed by atoms with E-state index in [-0.39, 0.29) is 5.91 Å². The summed E-state index contributed by atoms with van der Waals surface area (Å²) in [6.07, 6.45) is 8.22. The molecule has 5 heteroatoms. The van der Waals surface area contributed by atoms with Crippen molar-refractivity contribution in [3.05, 3.63) is 0 Å². The van der Waals surface area contributed by atoms with Crippen LogP contribution in [0.5, 0.6) is 0 Å². The zero-order valence-corrected chi connectivity index (χ0v) is 14.9. The molecule has 0 radical (unpaired) electrons. The lowest BCUT2D eigenvalue weighted by atomic mass is 10.00. The number of amides is 1. The van der Waals surface area contributed by atoms with E-state index in [2.05, 4.69) is 34.4 Å². The number of hydrogen-bond acceptors (Lipinski definition) is 2. The molecule has 132 valence electrons. The first kappa shape index (κ1) is 18.1. The number of aliphatic imine (C=N–C) groups is 1. The minimum atomic E-state index is 0.198. The van der Waals surface area contributed by atoms with Gasteiger partial charge in [-0.15, -0.1) is 0 Å². The molecule has 0 unspecified atom stereocenters. The van der Waals surface area contributed by atoms with E-state index in [4.69, 9.17) is 0 Å². The van der Waals surface area contributed by atoms with Crippen LogP contribution in [0.2, 0.25) is 0 Å². The Morgan fingerprint density at radius 2 is 1.83 bits per heavy atom. The van der Waals surface area contributed by atoms with Crippen LogP contribution in [0.15, 0.2) is 4.99 Å². The number of rotatable bonds is 6. The molecule has 1 aliphatic heterocycles. The van der Waals surface area contributed by atoms with Gasteiger partial charge in [-0.05, 0) is 44.4 Å². The summed E-state index contributed by atoms with van der Waals surface area (Å²) in [4.78, 5) is 19.0. The van der Waals surface area contributed by atoms with Gasteiger partial charge in [0.05, 0.1) is 6.54 Å². The highest BCUT2D eigenvalue weighted by molar-refractivity contribution is 5.80. The SMILES string of the molecule is CCNC(=NCCNC(=O)CC1CCCC1)N1CCC(C)CC1. The first-order valence-electron chi connectivity index (χ1n) is 9.49. The van der Waals surface area contributed by atoms with Crippen molar-refractivity contribution in [3.8, 4) is 0 Å². The molecule has 1 aliphatic carbocycles. The molecular formula is C18H34N4O. The number of carbonyl (C=O) groups is 1. The summed E-state index contributed by atoms with van der Waals surface area (Å²) in [5.74, 6) is 2.64. The Labute approximate surface area is 141 Å². The van der Waals surface area contributed by atoms with Gasteiger partial charge >= 0.3 is 0 Å². The molecular weight excluding hydrogens is 288 g/mol. The summed E-state index contributed by atoms with van der Waals surface area (Å²) in [6, 6.07) is 0. The molecule has 0 spiro atoms. The van der Waals surface area contributed by atoms with Gasteiger partial charge in [-0.25, -0.2) is 0 Å². The van der Waals surface area contributed by atoms with E-state index in [1.54, 1.807) is 0 Å². The first-order valence-corrected chi connectivity index (χ1v) is 9.49. The van der Waals surface area contributed by atoms with E-state index in [1.807, 2.05) is 0 Å².